The summed E-state index contributed by atoms with van der Waals surface area (Å²) in [5, 5.41) is 4.57. The number of amides is 1. The molecule has 0 aliphatic rings. The summed E-state index contributed by atoms with van der Waals surface area (Å²) in [4.78, 5) is 34.8. The van der Waals surface area contributed by atoms with Gasteiger partial charge in [-0.1, -0.05) is 23.5 Å². The lowest BCUT2D eigenvalue weighted by Crippen LogP contribution is -2.20. The van der Waals surface area contributed by atoms with Crippen molar-refractivity contribution in [2.75, 3.05) is 11.9 Å². The number of esters is 1. The molecule has 1 aromatic carbocycles. The van der Waals surface area contributed by atoms with Crippen LogP contribution in [0.5, 0.6) is 0 Å². The summed E-state index contributed by atoms with van der Waals surface area (Å²) in [6, 6.07) is 7.09. The van der Waals surface area contributed by atoms with Gasteiger partial charge >= 0.3 is 10.8 Å². The predicted octanol–water partition coefficient (Wildman–Crippen LogP) is 2.82. The van der Waals surface area contributed by atoms with Gasteiger partial charge in [-0.15, -0.1) is 0 Å². The fourth-order valence-corrected chi connectivity index (χ4v) is 2.90. The SMILES string of the molecule is CCOC(=O)/C=C/c1ccc(NC(=O)CCn2c(C)csc2=O)cc1. The largest absolute Gasteiger partial charge is 0.463 e. The normalized spacial score (nSPS) is 10.8. The summed E-state index contributed by atoms with van der Waals surface area (Å²) < 4.78 is 6.40. The van der Waals surface area contributed by atoms with E-state index in [0.717, 1.165) is 22.6 Å². The van der Waals surface area contributed by atoms with Crippen LogP contribution in [0.2, 0.25) is 0 Å². The van der Waals surface area contributed by atoms with Gasteiger partial charge in [-0.2, -0.15) is 0 Å². The molecule has 1 heterocycles. The fraction of sp³-hybridized carbons (Fsp3) is 0.278. The first-order valence-electron chi connectivity index (χ1n) is 7.89. The van der Waals surface area contributed by atoms with Crippen molar-refractivity contribution in [1.29, 1.82) is 0 Å². The number of aromatic nitrogens is 1. The lowest BCUT2D eigenvalue weighted by molar-refractivity contribution is -0.137. The third-order valence-electron chi connectivity index (χ3n) is 3.43. The zero-order valence-electron chi connectivity index (χ0n) is 14.2. The smallest absolute Gasteiger partial charge is 0.330 e. The number of thiazole rings is 1. The molecule has 2 aromatic rings. The molecule has 0 fully saturated rings. The lowest BCUT2D eigenvalue weighted by atomic mass is 10.2. The third-order valence-corrected chi connectivity index (χ3v) is 4.31. The molecule has 0 aliphatic heterocycles. The van der Waals surface area contributed by atoms with E-state index in [1.807, 2.05) is 6.92 Å². The topological polar surface area (TPSA) is 77.4 Å². The predicted molar refractivity (Wildman–Crippen MR) is 98.7 cm³/mol. The van der Waals surface area contributed by atoms with Gasteiger partial charge in [0.05, 0.1) is 6.61 Å². The number of anilines is 1. The number of hydrogen-bond donors (Lipinski definition) is 1. The van der Waals surface area contributed by atoms with Gasteiger partial charge in [0.2, 0.25) is 5.91 Å². The van der Waals surface area contributed by atoms with Gasteiger partial charge in [0.15, 0.2) is 0 Å². The molecule has 0 aliphatic carbocycles. The molecular weight excluding hydrogens is 340 g/mol. The molecule has 1 aromatic heterocycles. The highest BCUT2D eigenvalue weighted by molar-refractivity contribution is 7.07. The Kier molecular flexibility index (Phi) is 6.71. The van der Waals surface area contributed by atoms with Crippen molar-refractivity contribution in [3.05, 3.63) is 56.6 Å². The van der Waals surface area contributed by atoms with Gasteiger partial charge in [0.25, 0.3) is 0 Å². The number of carbonyl (C=O) groups excluding carboxylic acids is 2. The molecule has 0 bridgehead atoms. The Morgan fingerprint density at radius 1 is 1.28 bits per heavy atom. The van der Waals surface area contributed by atoms with Gasteiger partial charge < -0.3 is 14.6 Å². The molecule has 0 unspecified atom stereocenters. The minimum Gasteiger partial charge on any atom is -0.463 e. The van der Waals surface area contributed by atoms with E-state index >= 15 is 0 Å². The van der Waals surface area contributed by atoms with E-state index in [0.29, 0.717) is 18.8 Å². The van der Waals surface area contributed by atoms with Crippen LogP contribution in [0.15, 0.2) is 40.5 Å². The number of carbonyl (C=O) groups is 2. The van der Waals surface area contributed by atoms with Gasteiger partial charge in [0.1, 0.15) is 0 Å². The molecule has 6 nitrogen and oxygen atoms in total. The lowest BCUT2D eigenvalue weighted by Gasteiger charge is -2.07. The molecule has 1 N–H and O–H groups in total. The molecule has 2 rings (SSSR count). The van der Waals surface area contributed by atoms with Crippen LogP contribution in [0, 0.1) is 6.92 Å². The summed E-state index contributed by atoms with van der Waals surface area (Å²) in [7, 11) is 0. The number of ether oxygens (including phenoxy) is 1. The van der Waals surface area contributed by atoms with Crippen molar-refractivity contribution in [3.63, 3.8) is 0 Å². The van der Waals surface area contributed by atoms with Crippen LogP contribution >= 0.6 is 11.3 Å². The second kappa shape index (κ2) is 8.98. The Bertz CT molecular complexity index is 818. The van der Waals surface area contributed by atoms with E-state index in [4.69, 9.17) is 4.74 Å². The first kappa shape index (κ1) is 18.7. The van der Waals surface area contributed by atoms with Gasteiger partial charge in [0, 0.05) is 35.8 Å². The van der Waals surface area contributed by atoms with Crippen molar-refractivity contribution in [3.8, 4) is 0 Å². The maximum atomic E-state index is 12.0. The van der Waals surface area contributed by atoms with Crippen LogP contribution in [-0.4, -0.2) is 23.1 Å². The Morgan fingerprint density at radius 3 is 2.60 bits per heavy atom. The van der Waals surface area contributed by atoms with Gasteiger partial charge in [-0.3, -0.25) is 9.59 Å². The highest BCUT2D eigenvalue weighted by Crippen LogP contribution is 2.11. The molecule has 132 valence electrons. The first-order valence-corrected chi connectivity index (χ1v) is 8.77. The highest BCUT2D eigenvalue weighted by Gasteiger charge is 2.07. The number of rotatable bonds is 7. The summed E-state index contributed by atoms with van der Waals surface area (Å²) in [6.07, 6.45) is 3.23. The molecule has 0 atom stereocenters. The molecule has 1 amide bonds. The molecular formula is C18H20N2O4S. The fourth-order valence-electron chi connectivity index (χ4n) is 2.14. The van der Waals surface area contributed by atoms with Gasteiger partial charge in [-0.05, 0) is 37.6 Å². The Hall–Kier alpha value is -2.67. The third kappa shape index (κ3) is 5.72. The van der Waals surface area contributed by atoms with Crippen LogP contribution < -0.4 is 10.2 Å². The number of aryl methyl sites for hydroxylation is 1. The van der Waals surface area contributed by atoms with E-state index in [-0.39, 0.29) is 23.2 Å². The van der Waals surface area contributed by atoms with Crippen LogP contribution in [0.1, 0.15) is 24.6 Å². The molecule has 0 saturated heterocycles. The summed E-state index contributed by atoms with van der Waals surface area (Å²) in [5.74, 6) is -0.550. The van der Waals surface area contributed by atoms with Gasteiger partial charge in [-0.25, -0.2) is 4.79 Å². The Labute approximate surface area is 149 Å². The van der Waals surface area contributed by atoms with Crippen LogP contribution in [0.3, 0.4) is 0 Å². The van der Waals surface area contributed by atoms with Crippen molar-refractivity contribution in [1.82, 2.24) is 4.57 Å². The minimum atomic E-state index is -0.390. The zero-order valence-corrected chi connectivity index (χ0v) is 15.0. The second-order valence-electron chi connectivity index (χ2n) is 5.30. The van der Waals surface area contributed by atoms with Crippen molar-refractivity contribution < 1.29 is 14.3 Å². The van der Waals surface area contributed by atoms with E-state index in [9.17, 15) is 14.4 Å². The summed E-state index contributed by atoms with van der Waals surface area (Å²) in [5.41, 5.74) is 2.35. The van der Waals surface area contributed by atoms with E-state index in [1.165, 1.54) is 6.08 Å². The minimum absolute atomic E-state index is 0.0527. The van der Waals surface area contributed by atoms with Crippen molar-refractivity contribution >= 4 is 35.0 Å². The second-order valence-corrected chi connectivity index (χ2v) is 6.12. The molecule has 7 heteroatoms. The molecule has 0 saturated carbocycles. The summed E-state index contributed by atoms with van der Waals surface area (Å²) >= 11 is 1.13. The number of nitrogens with one attached hydrogen (secondary N) is 1. The Balaban J connectivity index is 1.87. The maximum Gasteiger partial charge on any atom is 0.330 e. The number of nitrogens with zero attached hydrogens (tertiary/aromatic N) is 1. The number of benzene rings is 1. The molecule has 25 heavy (non-hydrogen) atoms. The average Bonchev–Trinajstić information content (AvgIpc) is 2.91. The van der Waals surface area contributed by atoms with Crippen LogP contribution in [0.25, 0.3) is 6.08 Å². The monoisotopic (exact) mass is 360 g/mol. The van der Waals surface area contributed by atoms with E-state index in [1.54, 1.807) is 47.2 Å². The maximum absolute atomic E-state index is 12.0. The number of hydrogen-bond acceptors (Lipinski definition) is 5. The van der Waals surface area contributed by atoms with Crippen LogP contribution in [0.4, 0.5) is 5.69 Å². The zero-order chi connectivity index (χ0) is 18.2. The molecule has 0 radical (unpaired) electrons. The highest BCUT2D eigenvalue weighted by atomic mass is 32.1. The quantitative estimate of drug-likeness (QED) is 0.608. The standard InChI is InChI=1S/C18H20N2O4S/c1-3-24-17(22)9-6-14-4-7-15(8-5-14)19-16(21)10-11-20-13(2)12-25-18(20)23/h4-9,12H,3,10-11H2,1-2H3,(H,19,21)/b9-6+. The first-order chi connectivity index (χ1) is 12.0. The van der Waals surface area contributed by atoms with Crippen molar-refractivity contribution in [2.45, 2.75) is 26.8 Å². The average molecular weight is 360 g/mol. The Morgan fingerprint density at radius 2 is 2.00 bits per heavy atom. The van der Waals surface area contributed by atoms with E-state index in [2.05, 4.69) is 5.32 Å². The van der Waals surface area contributed by atoms with Crippen molar-refractivity contribution in [2.24, 2.45) is 0 Å². The van der Waals surface area contributed by atoms with Crippen LogP contribution in [-0.2, 0) is 20.9 Å². The van der Waals surface area contributed by atoms with E-state index < -0.39 is 0 Å². The summed E-state index contributed by atoms with van der Waals surface area (Å²) in [6.45, 7) is 4.29. The molecule has 0 spiro atoms.